The highest BCUT2D eigenvalue weighted by atomic mass is 79.9. The fourth-order valence-corrected chi connectivity index (χ4v) is 3.14. The van der Waals surface area contributed by atoms with Crippen LogP contribution in [0.1, 0.15) is 6.92 Å². The van der Waals surface area contributed by atoms with Gasteiger partial charge >= 0.3 is 0 Å². The molecule has 0 spiro atoms. The third kappa shape index (κ3) is 1.73. The molecule has 96 valence electrons. The van der Waals surface area contributed by atoms with Gasteiger partial charge in [0.2, 0.25) is 0 Å². The molecule has 2 aliphatic heterocycles. The summed E-state index contributed by atoms with van der Waals surface area (Å²) in [5.41, 5.74) is 2.20. The van der Waals surface area contributed by atoms with Crippen LogP contribution in [0.4, 0.5) is 11.4 Å². The van der Waals surface area contributed by atoms with Gasteiger partial charge in [0.25, 0.3) is 5.91 Å². The normalized spacial score (nSPS) is 22.8. The fourth-order valence-electron chi connectivity index (χ4n) is 2.79. The molecule has 4 nitrogen and oxygen atoms in total. The second-order valence-electron chi connectivity index (χ2n) is 4.63. The zero-order valence-corrected chi connectivity index (χ0v) is 11.9. The van der Waals surface area contributed by atoms with Gasteiger partial charge in [-0.3, -0.25) is 4.79 Å². The van der Waals surface area contributed by atoms with Crippen molar-refractivity contribution in [3.63, 3.8) is 0 Å². The van der Waals surface area contributed by atoms with Crippen LogP contribution in [-0.4, -0.2) is 38.1 Å². The summed E-state index contributed by atoms with van der Waals surface area (Å²) in [6.07, 6.45) is 0. The van der Waals surface area contributed by atoms with E-state index in [2.05, 4.69) is 32.2 Å². The molecule has 2 aliphatic rings. The first-order valence-corrected chi connectivity index (χ1v) is 7.10. The Hall–Kier alpha value is -1.07. The number of carbonyl (C=O) groups excluding carboxylic acids is 1. The van der Waals surface area contributed by atoms with Crippen molar-refractivity contribution in [2.24, 2.45) is 0 Å². The zero-order chi connectivity index (χ0) is 12.7. The van der Waals surface area contributed by atoms with Crippen LogP contribution >= 0.6 is 15.9 Å². The monoisotopic (exact) mass is 309 g/mol. The molecule has 0 radical (unpaired) electrons. The van der Waals surface area contributed by atoms with Gasteiger partial charge in [0.1, 0.15) is 6.04 Å². The van der Waals surface area contributed by atoms with E-state index in [-0.39, 0.29) is 11.9 Å². The summed E-state index contributed by atoms with van der Waals surface area (Å²) in [4.78, 5) is 16.6. The van der Waals surface area contributed by atoms with Crippen LogP contribution in [0.5, 0.6) is 0 Å². The number of carbonyl (C=O) groups is 1. The first-order valence-electron chi connectivity index (χ1n) is 6.30. The number of nitrogens with zero attached hydrogens (tertiary/aromatic N) is 2. The van der Waals surface area contributed by atoms with Crippen LogP contribution < -0.4 is 15.1 Å². The average molecular weight is 310 g/mol. The highest BCUT2D eigenvalue weighted by molar-refractivity contribution is 9.10. The van der Waals surface area contributed by atoms with Gasteiger partial charge < -0.3 is 15.1 Å². The van der Waals surface area contributed by atoms with Crippen molar-refractivity contribution in [3.05, 3.63) is 22.7 Å². The number of amides is 1. The van der Waals surface area contributed by atoms with E-state index in [1.165, 1.54) is 0 Å². The largest absolute Gasteiger partial charge is 0.355 e. The number of piperazine rings is 1. The van der Waals surface area contributed by atoms with E-state index in [0.29, 0.717) is 0 Å². The van der Waals surface area contributed by atoms with Gasteiger partial charge in [-0.05, 0) is 25.1 Å². The van der Waals surface area contributed by atoms with Crippen LogP contribution in [0.2, 0.25) is 0 Å². The molecule has 1 fully saturated rings. The molecular weight excluding hydrogens is 294 g/mol. The number of halogens is 1. The molecule has 0 aliphatic carbocycles. The molecule has 1 aromatic rings. The van der Waals surface area contributed by atoms with Crippen LogP contribution in [0, 0.1) is 0 Å². The van der Waals surface area contributed by atoms with Crippen molar-refractivity contribution in [3.8, 4) is 0 Å². The van der Waals surface area contributed by atoms with Crippen molar-refractivity contribution < 1.29 is 4.79 Å². The van der Waals surface area contributed by atoms with E-state index in [4.69, 9.17) is 0 Å². The highest BCUT2D eigenvalue weighted by Crippen LogP contribution is 2.38. The van der Waals surface area contributed by atoms with Crippen LogP contribution in [0.3, 0.4) is 0 Å². The number of fused-ring (bicyclic) bond motifs is 3. The topological polar surface area (TPSA) is 35.6 Å². The predicted molar refractivity (Wildman–Crippen MR) is 76.2 cm³/mol. The Labute approximate surface area is 115 Å². The lowest BCUT2D eigenvalue weighted by Crippen LogP contribution is -2.61. The lowest BCUT2D eigenvalue weighted by Gasteiger charge is -2.45. The minimum absolute atomic E-state index is 0.0551. The standard InChI is InChI=1S/C13H16BrN3O/c1-2-16-10-4-3-9(14)7-11(10)17-6-5-15-8-12(17)13(16)18/h3-4,7,12,15H,2,5-6,8H2,1H3. The van der Waals surface area contributed by atoms with Gasteiger partial charge in [0, 0.05) is 30.7 Å². The molecule has 5 heteroatoms. The minimum Gasteiger partial charge on any atom is -0.355 e. The number of hydrogen-bond acceptors (Lipinski definition) is 3. The Kier molecular flexibility index (Phi) is 3.03. The molecule has 1 N–H and O–H groups in total. The van der Waals surface area contributed by atoms with Gasteiger partial charge in [-0.15, -0.1) is 0 Å². The number of anilines is 2. The summed E-state index contributed by atoms with van der Waals surface area (Å²) in [7, 11) is 0. The number of benzene rings is 1. The van der Waals surface area contributed by atoms with E-state index < -0.39 is 0 Å². The molecule has 1 saturated heterocycles. The van der Waals surface area contributed by atoms with Crippen molar-refractivity contribution >= 4 is 33.2 Å². The van der Waals surface area contributed by atoms with E-state index in [1.54, 1.807) is 0 Å². The smallest absolute Gasteiger partial charge is 0.251 e. The van der Waals surface area contributed by atoms with Crippen LogP contribution in [0.25, 0.3) is 0 Å². The third-order valence-corrected chi connectivity index (χ3v) is 4.14. The van der Waals surface area contributed by atoms with Crippen molar-refractivity contribution in [2.45, 2.75) is 13.0 Å². The van der Waals surface area contributed by atoms with Gasteiger partial charge in [-0.2, -0.15) is 0 Å². The molecule has 0 saturated carbocycles. The van der Waals surface area contributed by atoms with E-state index in [1.807, 2.05) is 24.0 Å². The molecule has 0 bridgehead atoms. The van der Waals surface area contributed by atoms with Gasteiger partial charge in [-0.25, -0.2) is 0 Å². The first-order chi connectivity index (χ1) is 8.72. The molecule has 18 heavy (non-hydrogen) atoms. The van der Waals surface area contributed by atoms with Gasteiger partial charge in [0.15, 0.2) is 0 Å². The molecule has 1 atom stereocenters. The predicted octanol–water partition coefficient (Wildman–Crippen LogP) is 1.59. The molecule has 1 amide bonds. The first kappa shape index (κ1) is 12.0. The third-order valence-electron chi connectivity index (χ3n) is 3.65. The Morgan fingerprint density at radius 1 is 1.44 bits per heavy atom. The average Bonchev–Trinajstić information content (AvgIpc) is 2.40. The summed E-state index contributed by atoms with van der Waals surface area (Å²) in [6, 6.07) is 6.08. The Bertz CT molecular complexity index is 491. The maximum atomic E-state index is 12.5. The SMILES string of the molecule is CCN1C(=O)C2CNCCN2c2cc(Br)ccc21. The lowest BCUT2D eigenvalue weighted by atomic mass is 10.0. The summed E-state index contributed by atoms with van der Waals surface area (Å²) >= 11 is 3.52. The van der Waals surface area contributed by atoms with E-state index in [9.17, 15) is 4.79 Å². The van der Waals surface area contributed by atoms with Crippen molar-refractivity contribution in [1.29, 1.82) is 0 Å². The van der Waals surface area contributed by atoms with Gasteiger partial charge in [0.05, 0.1) is 11.4 Å². The Balaban J connectivity index is 2.12. The summed E-state index contributed by atoms with van der Waals surface area (Å²) in [5, 5.41) is 3.30. The lowest BCUT2D eigenvalue weighted by molar-refractivity contribution is -0.120. The minimum atomic E-state index is -0.0551. The van der Waals surface area contributed by atoms with E-state index >= 15 is 0 Å². The van der Waals surface area contributed by atoms with Crippen LogP contribution in [-0.2, 0) is 4.79 Å². The molecule has 1 unspecified atom stereocenters. The van der Waals surface area contributed by atoms with Crippen LogP contribution in [0.15, 0.2) is 22.7 Å². The number of hydrogen-bond donors (Lipinski definition) is 1. The molecular formula is C13H16BrN3O. The molecule has 0 aromatic heterocycles. The van der Waals surface area contributed by atoms with Crippen molar-refractivity contribution in [2.75, 3.05) is 36.0 Å². The van der Waals surface area contributed by atoms with Crippen molar-refractivity contribution in [1.82, 2.24) is 5.32 Å². The second-order valence-corrected chi connectivity index (χ2v) is 5.54. The maximum absolute atomic E-state index is 12.5. The second kappa shape index (κ2) is 4.55. The molecule has 3 rings (SSSR count). The molecule has 1 aromatic carbocycles. The van der Waals surface area contributed by atoms with Gasteiger partial charge in [-0.1, -0.05) is 15.9 Å². The van der Waals surface area contributed by atoms with E-state index in [0.717, 1.165) is 42.0 Å². The number of likely N-dealkylation sites (N-methyl/N-ethyl adjacent to an activating group) is 1. The maximum Gasteiger partial charge on any atom is 0.251 e. The zero-order valence-electron chi connectivity index (χ0n) is 10.3. The summed E-state index contributed by atoms with van der Waals surface area (Å²) < 4.78 is 1.06. The Morgan fingerprint density at radius 3 is 3.06 bits per heavy atom. The Morgan fingerprint density at radius 2 is 2.28 bits per heavy atom. The summed E-state index contributed by atoms with van der Waals surface area (Å²) in [5.74, 6) is 0.208. The number of nitrogens with one attached hydrogen (secondary N) is 1. The summed E-state index contributed by atoms with van der Waals surface area (Å²) in [6.45, 7) is 5.30. The fraction of sp³-hybridized carbons (Fsp3) is 0.462. The number of rotatable bonds is 1. The molecule has 2 heterocycles. The quantitative estimate of drug-likeness (QED) is 0.856. The highest BCUT2D eigenvalue weighted by Gasteiger charge is 2.38.